The molecule has 3 rings (SSSR count). The molecule has 0 spiro atoms. The zero-order chi connectivity index (χ0) is 14.3. The van der Waals surface area contributed by atoms with Crippen LogP contribution in [0, 0.1) is 0 Å². The van der Waals surface area contributed by atoms with Gasteiger partial charge in [-0.05, 0) is 36.4 Å². The van der Waals surface area contributed by atoms with Crippen molar-refractivity contribution in [2.45, 2.75) is 18.9 Å². The average molecular weight is 290 g/mol. The average Bonchev–Trinajstić information content (AvgIpc) is 3.06. The molecule has 2 amide bonds. The minimum absolute atomic E-state index is 0.0851. The SMILES string of the molecule is NC(=O)C1CCCN1C(=O)c1cc(O)c2ccsc2c1. The van der Waals surface area contributed by atoms with Gasteiger partial charge in [-0.25, -0.2) is 0 Å². The lowest BCUT2D eigenvalue weighted by molar-refractivity contribution is -0.121. The molecule has 0 aliphatic carbocycles. The van der Waals surface area contributed by atoms with Gasteiger partial charge in [0.25, 0.3) is 5.91 Å². The highest BCUT2D eigenvalue weighted by Gasteiger charge is 2.33. The minimum atomic E-state index is -0.538. The van der Waals surface area contributed by atoms with Gasteiger partial charge in [0.05, 0.1) is 0 Å². The first-order valence-corrected chi connectivity index (χ1v) is 7.26. The molecule has 5 nitrogen and oxygen atoms in total. The maximum atomic E-state index is 12.5. The number of nitrogens with zero attached hydrogens (tertiary/aromatic N) is 1. The third kappa shape index (κ3) is 2.02. The van der Waals surface area contributed by atoms with E-state index >= 15 is 0 Å². The Bertz CT molecular complexity index is 695. The van der Waals surface area contributed by atoms with Crippen LogP contribution in [0.1, 0.15) is 23.2 Å². The maximum Gasteiger partial charge on any atom is 0.254 e. The molecule has 3 N–H and O–H groups in total. The van der Waals surface area contributed by atoms with Crippen molar-refractivity contribution in [3.8, 4) is 5.75 Å². The topological polar surface area (TPSA) is 83.6 Å². The molecule has 1 aromatic heterocycles. The van der Waals surface area contributed by atoms with Gasteiger partial charge in [-0.2, -0.15) is 0 Å². The number of likely N-dealkylation sites (tertiary alicyclic amines) is 1. The van der Waals surface area contributed by atoms with Gasteiger partial charge in [-0.1, -0.05) is 0 Å². The van der Waals surface area contributed by atoms with E-state index in [1.54, 1.807) is 6.07 Å². The second-order valence-corrected chi connectivity index (χ2v) is 5.83. The molecular formula is C14H14N2O3S. The molecule has 20 heavy (non-hydrogen) atoms. The Kier molecular flexibility index (Phi) is 3.10. The highest BCUT2D eigenvalue weighted by molar-refractivity contribution is 7.17. The highest BCUT2D eigenvalue weighted by Crippen LogP contribution is 2.31. The van der Waals surface area contributed by atoms with E-state index in [2.05, 4.69) is 0 Å². The van der Waals surface area contributed by atoms with Gasteiger partial charge < -0.3 is 15.7 Å². The van der Waals surface area contributed by atoms with Gasteiger partial charge in [-0.3, -0.25) is 9.59 Å². The van der Waals surface area contributed by atoms with Crippen LogP contribution in [-0.4, -0.2) is 34.4 Å². The fourth-order valence-electron chi connectivity index (χ4n) is 2.65. The number of primary amides is 1. The third-order valence-electron chi connectivity index (χ3n) is 3.64. The van der Waals surface area contributed by atoms with Crippen molar-refractivity contribution in [2.24, 2.45) is 5.73 Å². The van der Waals surface area contributed by atoms with Crippen LogP contribution >= 0.6 is 11.3 Å². The largest absolute Gasteiger partial charge is 0.507 e. The first-order chi connectivity index (χ1) is 9.58. The Balaban J connectivity index is 1.98. The monoisotopic (exact) mass is 290 g/mol. The first-order valence-electron chi connectivity index (χ1n) is 6.38. The summed E-state index contributed by atoms with van der Waals surface area (Å²) in [5, 5.41) is 12.5. The summed E-state index contributed by atoms with van der Waals surface area (Å²) in [4.78, 5) is 25.4. The van der Waals surface area contributed by atoms with Gasteiger partial charge in [0.1, 0.15) is 11.8 Å². The van der Waals surface area contributed by atoms with Crippen LogP contribution in [0.25, 0.3) is 10.1 Å². The van der Waals surface area contributed by atoms with Gasteiger partial charge in [0.2, 0.25) is 5.91 Å². The van der Waals surface area contributed by atoms with E-state index in [0.717, 1.165) is 16.5 Å². The Morgan fingerprint density at radius 2 is 2.20 bits per heavy atom. The summed E-state index contributed by atoms with van der Waals surface area (Å²) in [6.07, 6.45) is 1.38. The number of phenolic OH excluding ortho intramolecular Hbond substituents is 1. The minimum Gasteiger partial charge on any atom is -0.507 e. The summed E-state index contributed by atoms with van der Waals surface area (Å²) in [5.74, 6) is -0.643. The maximum absolute atomic E-state index is 12.5. The number of carbonyl (C=O) groups excluding carboxylic acids is 2. The molecule has 1 aromatic carbocycles. The number of benzene rings is 1. The molecule has 104 valence electrons. The van der Waals surface area contributed by atoms with Gasteiger partial charge in [0, 0.05) is 22.2 Å². The number of carbonyl (C=O) groups is 2. The number of rotatable bonds is 2. The molecule has 1 atom stereocenters. The molecule has 0 saturated carbocycles. The molecule has 2 aromatic rings. The Labute approximate surface area is 119 Å². The number of hydrogen-bond acceptors (Lipinski definition) is 4. The van der Waals surface area contributed by atoms with E-state index in [1.165, 1.54) is 22.3 Å². The fraction of sp³-hybridized carbons (Fsp3) is 0.286. The van der Waals surface area contributed by atoms with Crippen molar-refractivity contribution in [3.05, 3.63) is 29.1 Å². The predicted octanol–water partition coefficient (Wildman–Crippen LogP) is 1.70. The van der Waals surface area contributed by atoms with Crippen LogP contribution in [0.5, 0.6) is 5.75 Å². The second kappa shape index (κ2) is 4.79. The van der Waals surface area contributed by atoms with Crippen molar-refractivity contribution in [3.63, 3.8) is 0 Å². The van der Waals surface area contributed by atoms with Crippen molar-refractivity contribution in [1.82, 2.24) is 4.90 Å². The number of amides is 2. The molecule has 1 aliphatic rings. The van der Waals surface area contributed by atoms with Crippen molar-refractivity contribution in [2.75, 3.05) is 6.54 Å². The number of nitrogens with two attached hydrogens (primary N) is 1. The van der Waals surface area contributed by atoms with E-state index in [4.69, 9.17) is 5.73 Å². The quantitative estimate of drug-likeness (QED) is 0.883. The highest BCUT2D eigenvalue weighted by atomic mass is 32.1. The van der Waals surface area contributed by atoms with Crippen molar-refractivity contribution >= 4 is 33.2 Å². The lowest BCUT2D eigenvalue weighted by Crippen LogP contribution is -2.43. The summed E-state index contributed by atoms with van der Waals surface area (Å²) in [7, 11) is 0. The van der Waals surface area contributed by atoms with Gasteiger partial charge in [-0.15, -0.1) is 11.3 Å². The zero-order valence-corrected chi connectivity index (χ0v) is 11.5. The fourth-order valence-corrected chi connectivity index (χ4v) is 3.49. The molecule has 1 fully saturated rings. The lowest BCUT2D eigenvalue weighted by Gasteiger charge is -2.22. The summed E-state index contributed by atoms with van der Waals surface area (Å²) < 4.78 is 0.850. The van der Waals surface area contributed by atoms with Crippen LogP contribution in [-0.2, 0) is 4.79 Å². The zero-order valence-electron chi connectivity index (χ0n) is 10.7. The number of thiophene rings is 1. The second-order valence-electron chi connectivity index (χ2n) is 4.89. The number of phenols is 1. The Morgan fingerprint density at radius 3 is 2.95 bits per heavy atom. The summed E-state index contributed by atoms with van der Waals surface area (Å²) in [6.45, 7) is 0.523. The lowest BCUT2D eigenvalue weighted by atomic mass is 10.1. The number of fused-ring (bicyclic) bond motifs is 1. The van der Waals surface area contributed by atoms with Crippen LogP contribution in [0.15, 0.2) is 23.6 Å². The predicted molar refractivity (Wildman–Crippen MR) is 76.7 cm³/mol. The Hall–Kier alpha value is -2.08. The molecule has 1 aliphatic heterocycles. The van der Waals surface area contributed by atoms with E-state index in [-0.39, 0.29) is 11.7 Å². The molecule has 1 saturated heterocycles. The molecule has 0 radical (unpaired) electrons. The van der Waals surface area contributed by atoms with Crippen LogP contribution in [0.2, 0.25) is 0 Å². The number of hydrogen-bond donors (Lipinski definition) is 2. The van der Waals surface area contributed by atoms with E-state index in [0.29, 0.717) is 18.5 Å². The summed E-state index contributed by atoms with van der Waals surface area (Å²) in [6, 6.07) is 4.47. The van der Waals surface area contributed by atoms with Gasteiger partial charge in [0.15, 0.2) is 0 Å². The summed E-state index contributed by atoms with van der Waals surface area (Å²) in [5.41, 5.74) is 5.72. The molecule has 0 bridgehead atoms. The van der Waals surface area contributed by atoms with E-state index < -0.39 is 11.9 Å². The van der Waals surface area contributed by atoms with E-state index in [9.17, 15) is 14.7 Å². The van der Waals surface area contributed by atoms with Crippen molar-refractivity contribution in [1.29, 1.82) is 0 Å². The van der Waals surface area contributed by atoms with Crippen molar-refractivity contribution < 1.29 is 14.7 Å². The number of aromatic hydroxyl groups is 1. The van der Waals surface area contributed by atoms with Crippen LogP contribution in [0.4, 0.5) is 0 Å². The molecule has 2 heterocycles. The molecule has 6 heteroatoms. The normalized spacial score (nSPS) is 18.6. The first kappa shape index (κ1) is 12.9. The molecule has 1 unspecified atom stereocenters. The van der Waals surface area contributed by atoms with Crippen LogP contribution in [0.3, 0.4) is 0 Å². The van der Waals surface area contributed by atoms with Gasteiger partial charge >= 0.3 is 0 Å². The van der Waals surface area contributed by atoms with Crippen LogP contribution < -0.4 is 5.73 Å². The summed E-state index contributed by atoms with van der Waals surface area (Å²) >= 11 is 1.46. The van der Waals surface area contributed by atoms with E-state index in [1.807, 2.05) is 11.4 Å². The molecular weight excluding hydrogens is 276 g/mol. The third-order valence-corrected chi connectivity index (χ3v) is 4.50. The smallest absolute Gasteiger partial charge is 0.254 e. The Morgan fingerprint density at radius 1 is 1.40 bits per heavy atom. The standard InChI is InChI=1S/C14H14N2O3S/c15-13(18)10-2-1-4-16(10)14(19)8-6-11(17)9-3-5-20-12(9)7-8/h3,5-7,10,17H,1-2,4H2,(H2,15,18).